The Morgan fingerprint density at radius 2 is 2.25 bits per heavy atom. The quantitative estimate of drug-likeness (QED) is 0.428. The Bertz CT molecular complexity index is 238. The highest BCUT2D eigenvalue weighted by molar-refractivity contribution is 5.66. The molecule has 0 unspecified atom stereocenters. The van der Waals surface area contributed by atoms with Gasteiger partial charge in [-0.25, -0.2) is 0 Å². The molecule has 0 amide bonds. The summed E-state index contributed by atoms with van der Waals surface area (Å²) in [4.78, 5) is 10.7. The standard InChI is InChI=1S/C9H12O3/c1-4(10)11-7-3-5-2-6(7)9-8(5)12-9/h5-9H,2-3H2,1H3/t5-,6-,7-,8-,9+/m1/s1. The molecule has 3 fully saturated rings. The second-order valence-corrected chi connectivity index (χ2v) is 4.11. The number of carbonyl (C=O) groups excluding carboxylic acids is 1. The minimum Gasteiger partial charge on any atom is -0.462 e. The Labute approximate surface area is 71.0 Å². The Balaban J connectivity index is 1.72. The van der Waals surface area contributed by atoms with Gasteiger partial charge in [0.15, 0.2) is 0 Å². The summed E-state index contributed by atoms with van der Waals surface area (Å²) in [6.45, 7) is 1.48. The number of esters is 1. The molecule has 0 aromatic rings. The van der Waals surface area contributed by atoms with Crippen LogP contribution in [0, 0.1) is 11.8 Å². The van der Waals surface area contributed by atoms with Crippen LogP contribution in [-0.2, 0) is 14.3 Å². The van der Waals surface area contributed by atoms with Crippen molar-refractivity contribution in [1.29, 1.82) is 0 Å². The molecule has 1 aliphatic heterocycles. The summed E-state index contributed by atoms with van der Waals surface area (Å²) < 4.78 is 10.7. The Hall–Kier alpha value is -0.570. The van der Waals surface area contributed by atoms with Gasteiger partial charge in [-0.05, 0) is 18.8 Å². The van der Waals surface area contributed by atoms with E-state index in [4.69, 9.17) is 9.47 Å². The van der Waals surface area contributed by atoms with Crippen LogP contribution in [0.4, 0.5) is 0 Å². The zero-order valence-electron chi connectivity index (χ0n) is 7.03. The second kappa shape index (κ2) is 2.02. The van der Waals surface area contributed by atoms with E-state index in [-0.39, 0.29) is 12.1 Å². The molecule has 3 nitrogen and oxygen atoms in total. The molecule has 3 aliphatic rings. The molecule has 0 radical (unpaired) electrons. The lowest BCUT2D eigenvalue weighted by Gasteiger charge is -2.18. The number of rotatable bonds is 1. The maximum Gasteiger partial charge on any atom is 0.302 e. The number of carbonyl (C=O) groups is 1. The molecule has 2 bridgehead atoms. The zero-order chi connectivity index (χ0) is 8.29. The van der Waals surface area contributed by atoms with Gasteiger partial charge < -0.3 is 9.47 Å². The average Bonchev–Trinajstić information content (AvgIpc) is 2.61. The van der Waals surface area contributed by atoms with Crippen molar-refractivity contribution in [2.45, 2.75) is 38.1 Å². The van der Waals surface area contributed by atoms with Crippen LogP contribution in [0.1, 0.15) is 19.8 Å². The Kier molecular flexibility index (Phi) is 1.16. The molecule has 5 atom stereocenters. The second-order valence-electron chi connectivity index (χ2n) is 4.11. The molecule has 1 heterocycles. The summed E-state index contributed by atoms with van der Waals surface area (Å²) in [6, 6.07) is 0. The van der Waals surface area contributed by atoms with Crippen molar-refractivity contribution in [2.24, 2.45) is 11.8 Å². The van der Waals surface area contributed by atoms with E-state index in [0.717, 1.165) is 6.42 Å². The van der Waals surface area contributed by atoms with E-state index in [9.17, 15) is 4.79 Å². The molecular formula is C9H12O3. The van der Waals surface area contributed by atoms with Gasteiger partial charge in [-0.15, -0.1) is 0 Å². The molecule has 66 valence electrons. The van der Waals surface area contributed by atoms with Gasteiger partial charge >= 0.3 is 5.97 Å². The van der Waals surface area contributed by atoms with Crippen molar-refractivity contribution >= 4 is 5.97 Å². The summed E-state index contributed by atoms with van der Waals surface area (Å²) in [5.74, 6) is 1.05. The van der Waals surface area contributed by atoms with E-state index in [1.165, 1.54) is 13.3 Å². The Morgan fingerprint density at radius 3 is 2.83 bits per heavy atom. The molecule has 0 aromatic carbocycles. The van der Waals surface area contributed by atoms with Crippen molar-refractivity contribution in [1.82, 2.24) is 0 Å². The fraction of sp³-hybridized carbons (Fsp3) is 0.889. The summed E-state index contributed by atoms with van der Waals surface area (Å²) in [5, 5.41) is 0. The van der Waals surface area contributed by atoms with Crippen LogP contribution in [0.2, 0.25) is 0 Å². The van der Waals surface area contributed by atoms with Gasteiger partial charge in [-0.2, -0.15) is 0 Å². The van der Waals surface area contributed by atoms with Crippen LogP contribution >= 0.6 is 0 Å². The molecule has 2 aliphatic carbocycles. The van der Waals surface area contributed by atoms with Crippen LogP contribution in [0.25, 0.3) is 0 Å². The number of fused-ring (bicyclic) bond motifs is 5. The molecule has 3 heteroatoms. The normalized spacial score (nSPS) is 53.6. The maximum absolute atomic E-state index is 10.7. The zero-order valence-corrected chi connectivity index (χ0v) is 7.03. The lowest BCUT2D eigenvalue weighted by Crippen LogP contribution is -2.27. The van der Waals surface area contributed by atoms with Crippen molar-refractivity contribution in [3.63, 3.8) is 0 Å². The van der Waals surface area contributed by atoms with E-state index >= 15 is 0 Å². The van der Waals surface area contributed by atoms with Gasteiger partial charge in [0.2, 0.25) is 0 Å². The lowest BCUT2D eigenvalue weighted by atomic mass is 9.98. The van der Waals surface area contributed by atoms with Crippen LogP contribution < -0.4 is 0 Å². The van der Waals surface area contributed by atoms with E-state index in [1.807, 2.05) is 0 Å². The minimum absolute atomic E-state index is 0.148. The van der Waals surface area contributed by atoms with Crippen molar-refractivity contribution < 1.29 is 14.3 Å². The highest BCUT2D eigenvalue weighted by Gasteiger charge is 2.64. The molecular weight excluding hydrogens is 156 g/mol. The highest BCUT2D eigenvalue weighted by atomic mass is 16.6. The molecule has 12 heavy (non-hydrogen) atoms. The molecule has 3 rings (SSSR count). The number of epoxide rings is 1. The van der Waals surface area contributed by atoms with E-state index in [2.05, 4.69) is 0 Å². The summed E-state index contributed by atoms with van der Waals surface area (Å²) in [5.41, 5.74) is 0. The van der Waals surface area contributed by atoms with Gasteiger partial charge in [0.25, 0.3) is 0 Å². The number of hydrogen-bond acceptors (Lipinski definition) is 3. The van der Waals surface area contributed by atoms with Gasteiger partial charge in [0, 0.05) is 12.8 Å². The first-order valence-electron chi connectivity index (χ1n) is 4.58. The van der Waals surface area contributed by atoms with Gasteiger partial charge in [0.1, 0.15) is 6.10 Å². The maximum atomic E-state index is 10.7. The predicted octanol–water partition coefficient (Wildman–Crippen LogP) is 0.725. The van der Waals surface area contributed by atoms with Gasteiger partial charge in [-0.1, -0.05) is 0 Å². The van der Waals surface area contributed by atoms with Crippen LogP contribution in [0.5, 0.6) is 0 Å². The van der Waals surface area contributed by atoms with Crippen LogP contribution in [0.15, 0.2) is 0 Å². The van der Waals surface area contributed by atoms with E-state index in [1.54, 1.807) is 0 Å². The van der Waals surface area contributed by atoms with Crippen molar-refractivity contribution in [3.8, 4) is 0 Å². The SMILES string of the molecule is CC(=O)O[C@@H]1C[C@H]2C[C@H]1[C@@H]1O[C@H]21. The summed E-state index contributed by atoms with van der Waals surface area (Å²) >= 11 is 0. The third-order valence-corrected chi connectivity index (χ3v) is 3.35. The fourth-order valence-electron chi connectivity index (χ4n) is 2.89. The first-order valence-corrected chi connectivity index (χ1v) is 4.58. The predicted molar refractivity (Wildman–Crippen MR) is 40.4 cm³/mol. The van der Waals surface area contributed by atoms with Gasteiger partial charge in [0.05, 0.1) is 12.2 Å². The molecule has 0 spiro atoms. The highest BCUT2D eigenvalue weighted by Crippen LogP contribution is 2.57. The lowest BCUT2D eigenvalue weighted by molar-refractivity contribution is -0.148. The smallest absolute Gasteiger partial charge is 0.302 e. The first kappa shape index (κ1) is 6.89. The van der Waals surface area contributed by atoms with Crippen LogP contribution in [-0.4, -0.2) is 24.3 Å². The number of hydrogen-bond donors (Lipinski definition) is 0. The monoisotopic (exact) mass is 168 g/mol. The van der Waals surface area contributed by atoms with E-state index < -0.39 is 0 Å². The largest absolute Gasteiger partial charge is 0.462 e. The summed E-state index contributed by atoms with van der Waals surface area (Å²) in [6.07, 6.45) is 3.38. The molecule has 0 N–H and O–H groups in total. The van der Waals surface area contributed by atoms with Crippen molar-refractivity contribution in [3.05, 3.63) is 0 Å². The minimum atomic E-state index is -0.148. The Morgan fingerprint density at radius 1 is 1.42 bits per heavy atom. The first-order chi connectivity index (χ1) is 5.75. The molecule has 0 aromatic heterocycles. The third-order valence-electron chi connectivity index (χ3n) is 3.35. The molecule has 2 saturated carbocycles. The van der Waals surface area contributed by atoms with Crippen LogP contribution in [0.3, 0.4) is 0 Å². The summed E-state index contributed by atoms with van der Waals surface area (Å²) in [7, 11) is 0. The number of ether oxygens (including phenoxy) is 2. The van der Waals surface area contributed by atoms with Crippen molar-refractivity contribution in [2.75, 3.05) is 0 Å². The third kappa shape index (κ3) is 0.774. The topological polar surface area (TPSA) is 38.8 Å². The average molecular weight is 168 g/mol. The van der Waals surface area contributed by atoms with E-state index in [0.29, 0.717) is 24.0 Å². The van der Waals surface area contributed by atoms with Gasteiger partial charge in [-0.3, -0.25) is 4.79 Å². The molecule has 1 saturated heterocycles. The fourth-order valence-corrected chi connectivity index (χ4v) is 2.89.